The molecule has 1 aliphatic heterocycles. The normalized spacial score (nSPS) is 36.8. The van der Waals surface area contributed by atoms with E-state index in [4.69, 9.17) is 18.9 Å². The number of carbonyl (C=O) groups is 1. The Labute approximate surface area is 107 Å². The maximum atomic E-state index is 11.0. The molecule has 0 aliphatic carbocycles. The molecule has 0 spiro atoms. The van der Waals surface area contributed by atoms with Crippen LogP contribution in [-0.4, -0.2) is 51.6 Å². The third-order valence-corrected chi connectivity index (χ3v) is 3.15. The van der Waals surface area contributed by atoms with Gasteiger partial charge in [-0.1, -0.05) is 0 Å². The van der Waals surface area contributed by atoms with Crippen molar-refractivity contribution in [3.8, 4) is 0 Å². The van der Waals surface area contributed by atoms with Gasteiger partial charge >= 0.3 is 5.97 Å². The van der Waals surface area contributed by atoms with Gasteiger partial charge < -0.3 is 23.7 Å². The van der Waals surface area contributed by atoms with Gasteiger partial charge in [0.05, 0.1) is 13.7 Å². The molecule has 0 N–H and O–H groups in total. The Balaban J connectivity index is 2.76. The van der Waals surface area contributed by atoms with E-state index in [1.54, 1.807) is 19.9 Å². The number of hydrogen-bond donors (Lipinski definition) is 0. The summed E-state index contributed by atoms with van der Waals surface area (Å²) in [5.41, 5.74) is 0. The van der Waals surface area contributed by atoms with Crippen LogP contribution in [0.4, 0.5) is 0 Å². The van der Waals surface area contributed by atoms with Crippen LogP contribution in [0.3, 0.4) is 0 Å². The van der Waals surface area contributed by atoms with Gasteiger partial charge in [0.1, 0.15) is 6.10 Å². The van der Waals surface area contributed by atoms with Crippen molar-refractivity contribution in [2.45, 2.75) is 31.5 Å². The molecule has 1 rings (SSSR count). The van der Waals surface area contributed by atoms with Gasteiger partial charge in [0.25, 0.3) is 0 Å². The fourth-order valence-corrected chi connectivity index (χ4v) is 1.63. The summed E-state index contributed by atoms with van der Waals surface area (Å²) in [4.78, 5) is 11.0. The fourth-order valence-electron chi connectivity index (χ4n) is 1.63. The standard InChI is InChI=1S/C12H20O6/c1-11(15-4)12(2,16-5)18-9(8-17-11)6-7-10(13)14-3/h6-7,9H,8H2,1-5H3/b7-6+/t9-,11-,12-/m0/s1. The Morgan fingerprint density at radius 3 is 2.33 bits per heavy atom. The van der Waals surface area contributed by atoms with E-state index < -0.39 is 23.6 Å². The summed E-state index contributed by atoms with van der Waals surface area (Å²) >= 11 is 0. The van der Waals surface area contributed by atoms with Crippen molar-refractivity contribution in [1.29, 1.82) is 0 Å². The van der Waals surface area contributed by atoms with Gasteiger partial charge in [0.15, 0.2) is 0 Å². The Morgan fingerprint density at radius 2 is 1.83 bits per heavy atom. The molecule has 0 aromatic heterocycles. The van der Waals surface area contributed by atoms with E-state index in [-0.39, 0.29) is 6.61 Å². The lowest BCUT2D eigenvalue weighted by Gasteiger charge is -2.48. The van der Waals surface area contributed by atoms with Gasteiger partial charge in [0, 0.05) is 20.3 Å². The molecule has 0 radical (unpaired) electrons. The van der Waals surface area contributed by atoms with Gasteiger partial charge in [0.2, 0.25) is 11.6 Å². The zero-order valence-electron chi connectivity index (χ0n) is 11.4. The molecule has 0 aromatic carbocycles. The predicted octanol–water partition coefficient (Wildman–Crippen LogP) is 0.856. The molecule has 0 unspecified atom stereocenters. The molecule has 1 aliphatic rings. The first-order chi connectivity index (χ1) is 8.40. The van der Waals surface area contributed by atoms with Gasteiger partial charge in [-0.25, -0.2) is 4.79 Å². The van der Waals surface area contributed by atoms with E-state index in [0.29, 0.717) is 0 Å². The lowest BCUT2D eigenvalue weighted by atomic mass is 10.1. The molecular weight excluding hydrogens is 240 g/mol. The van der Waals surface area contributed by atoms with Crippen molar-refractivity contribution in [2.75, 3.05) is 27.9 Å². The first kappa shape index (κ1) is 15.1. The molecule has 6 heteroatoms. The molecule has 104 valence electrons. The average molecular weight is 260 g/mol. The van der Waals surface area contributed by atoms with Gasteiger partial charge in [-0.2, -0.15) is 0 Å². The Bertz CT molecular complexity index is 329. The first-order valence-corrected chi connectivity index (χ1v) is 5.59. The molecular formula is C12H20O6. The number of rotatable bonds is 4. The second-order valence-corrected chi connectivity index (χ2v) is 4.15. The highest BCUT2D eigenvalue weighted by Gasteiger charge is 2.53. The van der Waals surface area contributed by atoms with Crippen molar-refractivity contribution in [2.24, 2.45) is 0 Å². The lowest BCUT2D eigenvalue weighted by molar-refractivity contribution is -0.425. The molecule has 1 saturated heterocycles. The van der Waals surface area contributed by atoms with Crippen molar-refractivity contribution < 1.29 is 28.5 Å². The van der Waals surface area contributed by atoms with Crippen LogP contribution < -0.4 is 0 Å². The summed E-state index contributed by atoms with van der Waals surface area (Å²) in [7, 11) is 4.34. The first-order valence-electron chi connectivity index (χ1n) is 5.59. The summed E-state index contributed by atoms with van der Waals surface area (Å²) < 4.78 is 26.5. The zero-order valence-corrected chi connectivity index (χ0v) is 11.4. The molecule has 0 amide bonds. The van der Waals surface area contributed by atoms with Crippen LogP contribution in [0, 0.1) is 0 Å². The summed E-state index contributed by atoms with van der Waals surface area (Å²) in [6.07, 6.45) is 2.45. The molecule has 6 nitrogen and oxygen atoms in total. The molecule has 0 saturated carbocycles. The average Bonchev–Trinajstić information content (AvgIpc) is 2.39. The molecule has 1 fully saturated rings. The maximum Gasteiger partial charge on any atom is 0.330 e. The fraction of sp³-hybridized carbons (Fsp3) is 0.750. The van der Waals surface area contributed by atoms with Crippen LogP contribution in [0.1, 0.15) is 13.8 Å². The minimum atomic E-state index is -1.06. The monoisotopic (exact) mass is 260 g/mol. The number of hydrogen-bond acceptors (Lipinski definition) is 6. The van der Waals surface area contributed by atoms with Crippen LogP contribution >= 0.6 is 0 Å². The second kappa shape index (κ2) is 5.79. The quantitative estimate of drug-likeness (QED) is 0.552. The Morgan fingerprint density at radius 1 is 1.22 bits per heavy atom. The highest BCUT2D eigenvalue weighted by Crippen LogP contribution is 2.36. The van der Waals surface area contributed by atoms with Crippen molar-refractivity contribution in [1.82, 2.24) is 0 Å². The number of esters is 1. The van der Waals surface area contributed by atoms with E-state index in [1.165, 1.54) is 27.4 Å². The van der Waals surface area contributed by atoms with E-state index in [9.17, 15) is 4.79 Å². The van der Waals surface area contributed by atoms with Crippen LogP contribution in [0.25, 0.3) is 0 Å². The second-order valence-electron chi connectivity index (χ2n) is 4.15. The molecule has 0 aromatic rings. The summed E-state index contributed by atoms with van der Waals surface area (Å²) in [6.45, 7) is 3.71. The van der Waals surface area contributed by atoms with E-state index in [1.807, 2.05) is 0 Å². The van der Waals surface area contributed by atoms with Crippen LogP contribution in [-0.2, 0) is 28.5 Å². The van der Waals surface area contributed by atoms with Gasteiger partial charge in [-0.15, -0.1) is 0 Å². The maximum absolute atomic E-state index is 11.0. The van der Waals surface area contributed by atoms with Gasteiger partial charge in [-0.05, 0) is 19.9 Å². The number of carbonyl (C=O) groups excluding carboxylic acids is 1. The number of ether oxygens (including phenoxy) is 5. The third-order valence-electron chi connectivity index (χ3n) is 3.15. The largest absolute Gasteiger partial charge is 0.466 e. The SMILES string of the molecule is COC(=O)/C=C/[C@H]1CO[C@](C)(OC)[C@@](C)(OC)O1. The highest BCUT2D eigenvalue weighted by molar-refractivity contribution is 5.81. The molecule has 18 heavy (non-hydrogen) atoms. The highest BCUT2D eigenvalue weighted by atomic mass is 16.8. The molecule has 1 heterocycles. The van der Waals surface area contributed by atoms with Crippen molar-refractivity contribution in [3.63, 3.8) is 0 Å². The van der Waals surface area contributed by atoms with Crippen molar-refractivity contribution in [3.05, 3.63) is 12.2 Å². The van der Waals surface area contributed by atoms with Crippen LogP contribution in [0.5, 0.6) is 0 Å². The zero-order chi connectivity index (χ0) is 13.8. The number of methoxy groups -OCH3 is 3. The Kier molecular flexibility index (Phi) is 4.86. The molecule has 3 atom stereocenters. The summed E-state index contributed by atoms with van der Waals surface area (Å²) in [6, 6.07) is 0. The van der Waals surface area contributed by atoms with Crippen molar-refractivity contribution >= 4 is 5.97 Å². The van der Waals surface area contributed by atoms with E-state index in [0.717, 1.165) is 0 Å². The smallest absolute Gasteiger partial charge is 0.330 e. The lowest BCUT2D eigenvalue weighted by Crippen LogP contribution is -2.62. The van der Waals surface area contributed by atoms with Gasteiger partial charge in [-0.3, -0.25) is 0 Å². The van der Waals surface area contributed by atoms with Crippen LogP contribution in [0.15, 0.2) is 12.2 Å². The minimum Gasteiger partial charge on any atom is -0.466 e. The van der Waals surface area contributed by atoms with E-state index >= 15 is 0 Å². The topological polar surface area (TPSA) is 63.2 Å². The van der Waals surface area contributed by atoms with E-state index in [2.05, 4.69) is 4.74 Å². The molecule has 0 bridgehead atoms. The Hall–Kier alpha value is -0.950. The third kappa shape index (κ3) is 2.89. The summed E-state index contributed by atoms with van der Waals surface area (Å²) in [5.74, 6) is -2.51. The predicted molar refractivity (Wildman–Crippen MR) is 62.8 cm³/mol. The summed E-state index contributed by atoms with van der Waals surface area (Å²) in [5, 5.41) is 0. The van der Waals surface area contributed by atoms with Crippen LogP contribution in [0.2, 0.25) is 0 Å². The minimum absolute atomic E-state index is 0.261.